The number of carbonyl (C=O) groups excluding carboxylic acids is 1. The fourth-order valence-corrected chi connectivity index (χ4v) is 1.68. The van der Waals surface area contributed by atoms with Crippen LogP contribution in [0, 0.1) is 11.7 Å². The zero-order valence-electron chi connectivity index (χ0n) is 10.3. The Morgan fingerprint density at radius 3 is 3.00 bits per heavy atom. The Kier molecular flexibility index (Phi) is 4.15. The normalized spacial score (nSPS) is 16.8. The summed E-state index contributed by atoms with van der Waals surface area (Å²) in [5.41, 5.74) is 0. The highest BCUT2D eigenvalue weighted by Crippen LogP contribution is 2.13. The van der Waals surface area contributed by atoms with Crippen molar-refractivity contribution in [3.63, 3.8) is 0 Å². The van der Waals surface area contributed by atoms with E-state index in [1.165, 1.54) is 12.1 Å². The lowest BCUT2D eigenvalue weighted by Crippen LogP contribution is -2.51. The first-order chi connectivity index (χ1) is 8.65. The van der Waals surface area contributed by atoms with Crippen LogP contribution in [0.4, 0.5) is 4.39 Å². The van der Waals surface area contributed by atoms with Gasteiger partial charge in [-0.3, -0.25) is 4.79 Å². The predicted molar refractivity (Wildman–Crippen MR) is 65.9 cm³/mol. The second-order valence-electron chi connectivity index (χ2n) is 4.49. The zero-order valence-corrected chi connectivity index (χ0v) is 10.3. The summed E-state index contributed by atoms with van der Waals surface area (Å²) in [6, 6.07) is 5.98. The van der Waals surface area contributed by atoms with Crippen LogP contribution in [-0.4, -0.2) is 31.6 Å². The molecule has 1 aliphatic rings. The fraction of sp³-hybridized carbons (Fsp3) is 0.462. The molecule has 0 radical (unpaired) electrons. The lowest BCUT2D eigenvalue weighted by atomic mass is 10.0. The number of benzene rings is 1. The molecule has 1 aliphatic heterocycles. The van der Waals surface area contributed by atoms with Crippen molar-refractivity contribution in [2.45, 2.75) is 13.0 Å². The fourth-order valence-electron chi connectivity index (χ4n) is 1.68. The number of amides is 1. The average molecular weight is 252 g/mol. The van der Waals surface area contributed by atoms with Gasteiger partial charge in [-0.15, -0.1) is 0 Å². The van der Waals surface area contributed by atoms with Crippen molar-refractivity contribution in [2.24, 2.45) is 5.92 Å². The van der Waals surface area contributed by atoms with E-state index in [-0.39, 0.29) is 23.7 Å². The van der Waals surface area contributed by atoms with Gasteiger partial charge in [0.15, 0.2) is 0 Å². The third-order valence-corrected chi connectivity index (χ3v) is 2.85. The summed E-state index contributed by atoms with van der Waals surface area (Å²) < 4.78 is 18.4. The van der Waals surface area contributed by atoms with E-state index in [9.17, 15) is 9.18 Å². The second-order valence-corrected chi connectivity index (χ2v) is 4.49. The van der Waals surface area contributed by atoms with E-state index < -0.39 is 0 Å². The van der Waals surface area contributed by atoms with Crippen LogP contribution in [0.2, 0.25) is 0 Å². The molecule has 4 nitrogen and oxygen atoms in total. The first-order valence-corrected chi connectivity index (χ1v) is 6.06. The maximum Gasteiger partial charge on any atom is 0.225 e. The van der Waals surface area contributed by atoms with E-state index in [2.05, 4.69) is 10.6 Å². The van der Waals surface area contributed by atoms with Crippen molar-refractivity contribution in [3.8, 4) is 5.75 Å². The van der Waals surface area contributed by atoms with E-state index in [0.29, 0.717) is 12.3 Å². The van der Waals surface area contributed by atoms with Gasteiger partial charge in [-0.1, -0.05) is 6.07 Å². The molecule has 1 amide bonds. The van der Waals surface area contributed by atoms with E-state index in [1.807, 2.05) is 6.92 Å². The summed E-state index contributed by atoms with van der Waals surface area (Å²) in [5.74, 6) is 0.265. The standard InChI is InChI=1S/C13H17FN2O2/c1-9(6-16-13(17)10-7-15-8-10)18-12-4-2-3-11(14)5-12/h2-5,9-10,15H,6-8H2,1H3,(H,16,17). The molecule has 1 aromatic carbocycles. The van der Waals surface area contributed by atoms with E-state index >= 15 is 0 Å². The van der Waals surface area contributed by atoms with Crippen molar-refractivity contribution in [3.05, 3.63) is 30.1 Å². The highest BCUT2D eigenvalue weighted by molar-refractivity contribution is 5.80. The summed E-state index contributed by atoms with van der Waals surface area (Å²) >= 11 is 0. The number of rotatable bonds is 5. The minimum atomic E-state index is -0.329. The topological polar surface area (TPSA) is 50.4 Å². The third kappa shape index (κ3) is 3.43. The molecule has 1 aromatic rings. The van der Waals surface area contributed by atoms with Crippen molar-refractivity contribution >= 4 is 5.91 Å². The molecule has 1 fully saturated rings. The highest BCUT2D eigenvalue weighted by Gasteiger charge is 2.24. The second kappa shape index (κ2) is 5.82. The number of hydrogen-bond acceptors (Lipinski definition) is 3. The maximum absolute atomic E-state index is 12.9. The molecule has 5 heteroatoms. The number of halogens is 1. The minimum absolute atomic E-state index is 0.0449. The smallest absolute Gasteiger partial charge is 0.225 e. The summed E-state index contributed by atoms with van der Waals surface area (Å²) in [6.07, 6.45) is -0.191. The molecule has 2 N–H and O–H groups in total. The molecule has 18 heavy (non-hydrogen) atoms. The van der Waals surface area contributed by atoms with Gasteiger partial charge in [0.1, 0.15) is 17.7 Å². The molecule has 1 saturated heterocycles. The zero-order chi connectivity index (χ0) is 13.0. The van der Waals surface area contributed by atoms with E-state index in [0.717, 1.165) is 13.1 Å². The third-order valence-electron chi connectivity index (χ3n) is 2.85. The average Bonchev–Trinajstić information content (AvgIpc) is 2.24. The molecular weight excluding hydrogens is 235 g/mol. The summed E-state index contributed by atoms with van der Waals surface area (Å²) in [5, 5.41) is 5.86. The van der Waals surface area contributed by atoms with Crippen LogP contribution in [-0.2, 0) is 4.79 Å². The van der Waals surface area contributed by atoms with E-state index in [4.69, 9.17) is 4.74 Å². The van der Waals surface area contributed by atoms with Gasteiger partial charge in [0, 0.05) is 19.2 Å². The number of ether oxygens (including phenoxy) is 1. The quantitative estimate of drug-likeness (QED) is 0.819. The number of carbonyl (C=O) groups is 1. The van der Waals surface area contributed by atoms with Crippen LogP contribution in [0.1, 0.15) is 6.92 Å². The van der Waals surface area contributed by atoms with Crippen LogP contribution >= 0.6 is 0 Å². The first-order valence-electron chi connectivity index (χ1n) is 6.06. The molecule has 1 unspecified atom stereocenters. The van der Waals surface area contributed by atoms with Gasteiger partial charge in [0.2, 0.25) is 5.91 Å². The van der Waals surface area contributed by atoms with Crippen LogP contribution in [0.25, 0.3) is 0 Å². The molecule has 0 aromatic heterocycles. The van der Waals surface area contributed by atoms with Gasteiger partial charge in [-0.2, -0.15) is 0 Å². The molecule has 0 saturated carbocycles. The van der Waals surface area contributed by atoms with Gasteiger partial charge < -0.3 is 15.4 Å². The summed E-state index contributed by atoms with van der Waals surface area (Å²) in [7, 11) is 0. The Morgan fingerprint density at radius 1 is 1.61 bits per heavy atom. The number of nitrogens with one attached hydrogen (secondary N) is 2. The van der Waals surface area contributed by atoms with Crippen LogP contribution in [0.15, 0.2) is 24.3 Å². The molecule has 1 atom stereocenters. The summed E-state index contributed by atoms with van der Waals surface area (Å²) in [4.78, 5) is 11.6. The van der Waals surface area contributed by atoms with Gasteiger partial charge in [0.05, 0.1) is 12.5 Å². The van der Waals surface area contributed by atoms with Crippen LogP contribution in [0.5, 0.6) is 5.75 Å². The molecule has 1 heterocycles. The van der Waals surface area contributed by atoms with Crippen LogP contribution in [0.3, 0.4) is 0 Å². The Hall–Kier alpha value is -1.62. The molecule has 0 spiro atoms. The highest BCUT2D eigenvalue weighted by atomic mass is 19.1. The van der Waals surface area contributed by atoms with Crippen molar-refractivity contribution in [1.82, 2.24) is 10.6 Å². The number of hydrogen-bond donors (Lipinski definition) is 2. The lowest BCUT2D eigenvalue weighted by molar-refractivity contribution is -0.126. The minimum Gasteiger partial charge on any atom is -0.489 e. The lowest BCUT2D eigenvalue weighted by Gasteiger charge is -2.26. The van der Waals surface area contributed by atoms with Crippen molar-refractivity contribution < 1.29 is 13.9 Å². The van der Waals surface area contributed by atoms with E-state index in [1.54, 1.807) is 12.1 Å². The molecular formula is C13H17FN2O2. The molecule has 0 bridgehead atoms. The monoisotopic (exact) mass is 252 g/mol. The SMILES string of the molecule is CC(CNC(=O)C1CNC1)Oc1cccc(F)c1. The predicted octanol–water partition coefficient (Wildman–Crippen LogP) is 0.929. The Balaban J connectivity index is 1.74. The van der Waals surface area contributed by atoms with Gasteiger partial charge in [-0.05, 0) is 19.1 Å². The van der Waals surface area contributed by atoms with Crippen molar-refractivity contribution in [2.75, 3.05) is 19.6 Å². The van der Waals surface area contributed by atoms with Crippen LogP contribution < -0.4 is 15.4 Å². The molecule has 2 rings (SSSR count). The Bertz CT molecular complexity index is 421. The van der Waals surface area contributed by atoms with Crippen molar-refractivity contribution in [1.29, 1.82) is 0 Å². The van der Waals surface area contributed by atoms with Gasteiger partial charge in [0.25, 0.3) is 0 Å². The molecule has 0 aliphatic carbocycles. The van der Waals surface area contributed by atoms with Gasteiger partial charge >= 0.3 is 0 Å². The van der Waals surface area contributed by atoms with Gasteiger partial charge in [-0.25, -0.2) is 4.39 Å². The Morgan fingerprint density at radius 2 is 2.39 bits per heavy atom. The maximum atomic E-state index is 12.9. The first kappa shape index (κ1) is 12.8. The summed E-state index contributed by atoms with van der Waals surface area (Å²) in [6.45, 7) is 3.74. The largest absolute Gasteiger partial charge is 0.489 e. The Labute approximate surface area is 106 Å². The molecule has 98 valence electrons.